The lowest BCUT2D eigenvalue weighted by Crippen LogP contribution is -2.24. The normalized spacial score (nSPS) is 11.1. The molecule has 0 spiro atoms. The number of nitrogens with zero attached hydrogens (tertiary/aromatic N) is 3. The molecule has 0 aliphatic carbocycles. The molecule has 5 aromatic rings. The summed E-state index contributed by atoms with van der Waals surface area (Å²) in [5.74, 6) is 0.455. The molecular formula is C26H22N4O3S2. The van der Waals surface area contributed by atoms with Crippen LogP contribution in [0, 0.1) is 6.92 Å². The number of anilines is 1. The summed E-state index contributed by atoms with van der Waals surface area (Å²) in [6.07, 6.45) is 1.71. The molecule has 1 amide bonds. The van der Waals surface area contributed by atoms with E-state index in [0.29, 0.717) is 33.4 Å². The number of ether oxygens (including phenoxy) is 1. The van der Waals surface area contributed by atoms with Gasteiger partial charge in [0.05, 0.1) is 30.6 Å². The Kier molecular flexibility index (Phi) is 6.52. The summed E-state index contributed by atoms with van der Waals surface area (Å²) in [5, 5.41) is 4.20. The van der Waals surface area contributed by atoms with E-state index < -0.39 is 0 Å². The van der Waals surface area contributed by atoms with Gasteiger partial charge in [0.15, 0.2) is 5.16 Å². The fraction of sp³-hybridized carbons (Fsp3) is 0.154. The minimum atomic E-state index is -0.215. The second kappa shape index (κ2) is 9.89. The molecule has 0 saturated heterocycles. The first-order chi connectivity index (χ1) is 17.0. The molecule has 35 heavy (non-hydrogen) atoms. The molecule has 0 fully saturated rings. The summed E-state index contributed by atoms with van der Waals surface area (Å²) < 4.78 is 7.52. The number of amides is 1. The van der Waals surface area contributed by atoms with Crippen LogP contribution in [0.2, 0.25) is 0 Å². The third kappa shape index (κ3) is 4.78. The zero-order valence-corrected chi connectivity index (χ0v) is 20.8. The van der Waals surface area contributed by atoms with Crippen molar-refractivity contribution in [1.82, 2.24) is 14.5 Å². The zero-order valence-electron chi connectivity index (χ0n) is 19.1. The van der Waals surface area contributed by atoms with Crippen LogP contribution < -0.4 is 15.6 Å². The van der Waals surface area contributed by atoms with Crippen molar-refractivity contribution in [3.8, 4) is 5.75 Å². The Morgan fingerprint density at radius 3 is 2.71 bits per heavy atom. The van der Waals surface area contributed by atoms with E-state index in [2.05, 4.69) is 10.3 Å². The average molecular weight is 503 g/mol. The van der Waals surface area contributed by atoms with E-state index in [4.69, 9.17) is 9.72 Å². The first kappa shape index (κ1) is 23.1. The Balaban J connectivity index is 1.50. The number of thiophene rings is 1. The van der Waals surface area contributed by atoms with E-state index in [9.17, 15) is 9.59 Å². The van der Waals surface area contributed by atoms with Crippen LogP contribution in [0.15, 0.2) is 76.8 Å². The molecule has 5 rings (SSSR count). The van der Waals surface area contributed by atoms with E-state index in [1.165, 1.54) is 23.1 Å². The predicted octanol–water partition coefficient (Wildman–Crippen LogP) is 5.10. The van der Waals surface area contributed by atoms with Gasteiger partial charge in [-0.15, -0.1) is 11.3 Å². The number of methoxy groups -OCH3 is 1. The monoisotopic (exact) mass is 502 g/mol. The number of carbonyl (C=O) groups is 1. The van der Waals surface area contributed by atoms with Crippen LogP contribution in [0.4, 0.5) is 5.69 Å². The van der Waals surface area contributed by atoms with Gasteiger partial charge in [-0.25, -0.2) is 9.97 Å². The lowest BCUT2D eigenvalue weighted by Gasteiger charge is -2.13. The Labute approximate surface area is 209 Å². The molecule has 176 valence electrons. The van der Waals surface area contributed by atoms with Crippen molar-refractivity contribution in [3.05, 3.63) is 88.3 Å². The summed E-state index contributed by atoms with van der Waals surface area (Å²) in [7, 11) is 1.56. The van der Waals surface area contributed by atoms with E-state index in [-0.39, 0.29) is 17.2 Å². The lowest BCUT2D eigenvalue weighted by molar-refractivity contribution is -0.113. The lowest BCUT2D eigenvalue weighted by atomic mass is 10.1. The molecule has 0 radical (unpaired) electrons. The van der Waals surface area contributed by atoms with Gasteiger partial charge in [-0.1, -0.05) is 53.7 Å². The summed E-state index contributed by atoms with van der Waals surface area (Å²) in [5.41, 5.74) is 3.21. The molecule has 7 nitrogen and oxygen atoms in total. The molecule has 0 saturated carbocycles. The number of hydrogen-bond acceptors (Lipinski definition) is 7. The van der Waals surface area contributed by atoms with Crippen LogP contribution in [0.25, 0.3) is 20.4 Å². The molecule has 0 atom stereocenters. The zero-order chi connectivity index (χ0) is 24.4. The first-order valence-electron chi connectivity index (χ1n) is 10.9. The summed E-state index contributed by atoms with van der Waals surface area (Å²) >= 11 is 2.58. The van der Waals surface area contributed by atoms with Crippen LogP contribution in [0.3, 0.4) is 0 Å². The number of pyridine rings is 1. The number of carbonyl (C=O) groups excluding carboxylic acids is 1. The molecule has 0 aliphatic heterocycles. The van der Waals surface area contributed by atoms with Crippen LogP contribution in [-0.4, -0.2) is 33.3 Å². The average Bonchev–Trinajstić information content (AvgIpc) is 3.25. The molecular weight excluding hydrogens is 480 g/mol. The van der Waals surface area contributed by atoms with Crippen molar-refractivity contribution in [2.24, 2.45) is 0 Å². The number of nitrogens with one attached hydrogen (secondary N) is 1. The van der Waals surface area contributed by atoms with Gasteiger partial charge in [0, 0.05) is 11.6 Å². The van der Waals surface area contributed by atoms with Gasteiger partial charge in [-0.3, -0.25) is 14.2 Å². The standard InChI is InChI=1S/C26H22N4O3S2/c1-16-9-11-17(12-10-16)14-30-25(32)23-22(18-6-5-13-27-24(18)35-23)29-26(30)34-15-21(31)28-19-7-3-4-8-20(19)33-2/h3-13H,14-15H2,1-2H3,(H,28,31). The van der Waals surface area contributed by atoms with Gasteiger partial charge in [0.2, 0.25) is 5.91 Å². The fourth-order valence-electron chi connectivity index (χ4n) is 3.73. The van der Waals surface area contributed by atoms with Gasteiger partial charge in [0.1, 0.15) is 15.3 Å². The van der Waals surface area contributed by atoms with Gasteiger partial charge < -0.3 is 10.1 Å². The predicted molar refractivity (Wildman–Crippen MR) is 142 cm³/mol. The van der Waals surface area contributed by atoms with Crippen LogP contribution in [0.5, 0.6) is 5.75 Å². The number of hydrogen-bond donors (Lipinski definition) is 1. The highest BCUT2D eigenvalue weighted by Gasteiger charge is 2.18. The summed E-state index contributed by atoms with van der Waals surface area (Å²) in [6, 6.07) is 19.0. The highest BCUT2D eigenvalue weighted by atomic mass is 32.2. The number of aromatic nitrogens is 3. The summed E-state index contributed by atoms with van der Waals surface area (Å²) in [4.78, 5) is 36.4. The third-order valence-corrected chi connectivity index (χ3v) is 7.56. The van der Waals surface area contributed by atoms with E-state index >= 15 is 0 Å². The van der Waals surface area contributed by atoms with Crippen molar-refractivity contribution >= 4 is 55.1 Å². The van der Waals surface area contributed by atoms with Crippen LogP contribution >= 0.6 is 23.1 Å². The number of thioether (sulfide) groups is 1. The number of benzene rings is 2. The largest absolute Gasteiger partial charge is 0.495 e. The topological polar surface area (TPSA) is 86.1 Å². The Bertz CT molecular complexity index is 1590. The first-order valence-corrected chi connectivity index (χ1v) is 12.7. The molecule has 0 bridgehead atoms. The Morgan fingerprint density at radius 2 is 1.91 bits per heavy atom. The third-order valence-electron chi connectivity index (χ3n) is 5.49. The smallest absolute Gasteiger partial charge is 0.272 e. The number of para-hydroxylation sites is 2. The number of fused-ring (bicyclic) bond motifs is 3. The maximum Gasteiger partial charge on any atom is 0.272 e. The van der Waals surface area contributed by atoms with Crippen molar-refractivity contribution in [1.29, 1.82) is 0 Å². The van der Waals surface area contributed by atoms with Crippen molar-refractivity contribution in [2.45, 2.75) is 18.6 Å². The van der Waals surface area contributed by atoms with Crippen molar-refractivity contribution in [2.75, 3.05) is 18.2 Å². The number of rotatable bonds is 7. The van der Waals surface area contributed by atoms with Crippen molar-refractivity contribution in [3.63, 3.8) is 0 Å². The molecule has 0 aliphatic rings. The quantitative estimate of drug-likeness (QED) is 0.246. The second-order valence-corrected chi connectivity index (χ2v) is 9.89. The Hall–Kier alpha value is -3.69. The van der Waals surface area contributed by atoms with Gasteiger partial charge in [-0.05, 0) is 36.8 Å². The second-order valence-electron chi connectivity index (χ2n) is 7.94. The molecule has 2 aromatic carbocycles. The molecule has 0 unspecified atom stereocenters. The highest BCUT2D eigenvalue weighted by molar-refractivity contribution is 7.99. The molecule has 3 heterocycles. The molecule has 9 heteroatoms. The minimum absolute atomic E-state index is 0.0875. The SMILES string of the molecule is COc1ccccc1NC(=O)CSc1nc2c(sc3ncccc32)c(=O)n1Cc1ccc(C)cc1. The Morgan fingerprint density at radius 1 is 1.11 bits per heavy atom. The fourth-order valence-corrected chi connectivity index (χ4v) is 5.55. The summed E-state index contributed by atoms with van der Waals surface area (Å²) in [6.45, 7) is 2.38. The van der Waals surface area contributed by atoms with E-state index in [1.807, 2.05) is 55.5 Å². The highest BCUT2D eigenvalue weighted by Crippen LogP contribution is 2.31. The van der Waals surface area contributed by atoms with Crippen LogP contribution in [0.1, 0.15) is 11.1 Å². The van der Waals surface area contributed by atoms with E-state index in [1.54, 1.807) is 30.0 Å². The molecule has 1 N–H and O–H groups in total. The maximum atomic E-state index is 13.6. The van der Waals surface area contributed by atoms with Crippen LogP contribution in [-0.2, 0) is 11.3 Å². The minimum Gasteiger partial charge on any atom is -0.495 e. The van der Waals surface area contributed by atoms with E-state index in [0.717, 1.165) is 21.3 Å². The maximum absolute atomic E-state index is 13.6. The van der Waals surface area contributed by atoms with Gasteiger partial charge in [0.25, 0.3) is 5.56 Å². The van der Waals surface area contributed by atoms with Gasteiger partial charge in [-0.2, -0.15) is 0 Å². The number of aryl methyl sites for hydroxylation is 1. The van der Waals surface area contributed by atoms with Crippen molar-refractivity contribution < 1.29 is 9.53 Å². The van der Waals surface area contributed by atoms with Gasteiger partial charge >= 0.3 is 0 Å². The molecule has 3 aromatic heterocycles.